The van der Waals surface area contributed by atoms with Crippen LogP contribution in [0.15, 0.2) is 23.5 Å². The van der Waals surface area contributed by atoms with Crippen molar-refractivity contribution in [1.82, 2.24) is 25.1 Å². The van der Waals surface area contributed by atoms with E-state index in [1.54, 1.807) is 0 Å². The molecule has 8 heteroatoms. The van der Waals surface area contributed by atoms with E-state index in [0.29, 0.717) is 5.41 Å². The number of piperazine rings is 1. The van der Waals surface area contributed by atoms with E-state index in [4.69, 9.17) is 0 Å². The molecular weight excluding hydrogens is 489 g/mol. The first kappa shape index (κ1) is 23.5. The van der Waals surface area contributed by atoms with Gasteiger partial charge < -0.3 is 15.1 Å². The fourth-order valence-electron chi connectivity index (χ4n) is 5.29. The van der Waals surface area contributed by atoms with Crippen LogP contribution < -0.4 is 10.2 Å². The van der Waals surface area contributed by atoms with Gasteiger partial charge in [-0.2, -0.15) is 0 Å². The fraction of sp³-hybridized carbons (Fsp3) is 0.773. The Morgan fingerprint density at radius 2 is 1.77 bits per heavy atom. The summed E-state index contributed by atoms with van der Waals surface area (Å²) >= 11 is 0. The normalized spacial score (nSPS) is 22.2. The first-order valence-corrected chi connectivity index (χ1v) is 11.5. The summed E-state index contributed by atoms with van der Waals surface area (Å²) in [4.78, 5) is 20.7. The number of aromatic nitrogens is 2. The van der Waals surface area contributed by atoms with Gasteiger partial charge in [-0.15, -0.1) is 24.0 Å². The van der Waals surface area contributed by atoms with Crippen LogP contribution in [0.3, 0.4) is 0 Å². The third-order valence-corrected chi connectivity index (χ3v) is 7.01. The van der Waals surface area contributed by atoms with Crippen LogP contribution in [-0.4, -0.2) is 85.1 Å². The van der Waals surface area contributed by atoms with E-state index in [2.05, 4.69) is 35.0 Å². The Balaban J connectivity index is 0.00000256. The number of guanidine groups is 1. The van der Waals surface area contributed by atoms with E-state index in [1.807, 2.05) is 25.5 Å². The molecule has 3 aliphatic rings. The zero-order chi connectivity index (χ0) is 19.9. The van der Waals surface area contributed by atoms with Gasteiger partial charge in [0.1, 0.15) is 0 Å². The quantitative estimate of drug-likeness (QED) is 0.275. The predicted molar refractivity (Wildman–Crippen MR) is 134 cm³/mol. The number of aliphatic imine (C=N–C) groups is 1. The van der Waals surface area contributed by atoms with Gasteiger partial charge in [0, 0.05) is 65.3 Å². The Kier molecular flexibility index (Phi) is 8.98. The highest BCUT2D eigenvalue weighted by Crippen LogP contribution is 2.43. The van der Waals surface area contributed by atoms with Gasteiger partial charge in [0.05, 0.1) is 0 Å². The van der Waals surface area contributed by atoms with Gasteiger partial charge in [-0.3, -0.25) is 9.89 Å². The number of rotatable bonds is 5. The summed E-state index contributed by atoms with van der Waals surface area (Å²) < 4.78 is 0. The highest BCUT2D eigenvalue weighted by Gasteiger charge is 2.39. The number of nitrogens with one attached hydrogen (secondary N) is 1. The van der Waals surface area contributed by atoms with E-state index in [1.165, 1.54) is 51.6 Å². The topological polar surface area (TPSA) is 59.9 Å². The van der Waals surface area contributed by atoms with Crippen molar-refractivity contribution in [2.24, 2.45) is 10.4 Å². The third kappa shape index (κ3) is 5.96. The number of nitrogens with zero attached hydrogens (tertiary/aromatic N) is 6. The van der Waals surface area contributed by atoms with Gasteiger partial charge in [0.15, 0.2) is 5.96 Å². The Morgan fingerprint density at radius 1 is 1.03 bits per heavy atom. The number of hydrogen-bond acceptors (Lipinski definition) is 5. The highest BCUT2D eigenvalue weighted by atomic mass is 127. The van der Waals surface area contributed by atoms with Gasteiger partial charge >= 0.3 is 0 Å². The van der Waals surface area contributed by atoms with E-state index in [9.17, 15) is 0 Å². The van der Waals surface area contributed by atoms with Gasteiger partial charge in [-0.25, -0.2) is 9.97 Å². The first-order valence-electron chi connectivity index (χ1n) is 11.5. The van der Waals surface area contributed by atoms with Crippen molar-refractivity contribution in [2.75, 3.05) is 64.3 Å². The maximum absolute atomic E-state index is 4.57. The van der Waals surface area contributed by atoms with Gasteiger partial charge in [0.25, 0.3) is 0 Å². The molecule has 4 rings (SSSR count). The number of hydrogen-bond donors (Lipinski definition) is 1. The van der Waals surface area contributed by atoms with Gasteiger partial charge in [-0.05, 0) is 43.7 Å². The Bertz CT molecular complexity index is 655. The van der Waals surface area contributed by atoms with Crippen molar-refractivity contribution in [3.05, 3.63) is 18.5 Å². The van der Waals surface area contributed by atoms with Crippen LogP contribution >= 0.6 is 24.0 Å². The Labute approximate surface area is 198 Å². The lowest BCUT2D eigenvalue weighted by atomic mass is 9.73. The Hall–Kier alpha value is -1.16. The molecule has 1 N–H and O–H groups in total. The third-order valence-electron chi connectivity index (χ3n) is 7.01. The zero-order valence-electron chi connectivity index (χ0n) is 18.4. The minimum Gasteiger partial charge on any atom is -0.356 e. The van der Waals surface area contributed by atoms with Crippen molar-refractivity contribution in [2.45, 2.75) is 44.9 Å². The molecule has 7 nitrogen and oxygen atoms in total. The number of anilines is 1. The molecule has 3 heterocycles. The molecule has 3 fully saturated rings. The average molecular weight is 527 g/mol. The second kappa shape index (κ2) is 11.5. The van der Waals surface area contributed by atoms with E-state index in [0.717, 1.165) is 57.6 Å². The van der Waals surface area contributed by atoms with Crippen molar-refractivity contribution in [3.63, 3.8) is 0 Å². The molecular formula is C22H38IN7. The maximum atomic E-state index is 4.57. The Morgan fingerprint density at radius 3 is 2.47 bits per heavy atom. The van der Waals surface area contributed by atoms with E-state index >= 15 is 0 Å². The summed E-state index contributed by atoms with van der Waals surface area (Å²) in [6.07, 6.45) is 13.3. The van der Waals surface area contributed by atoms with Crippen LogP contribution in [-0.2, 0) is 0 Å². The molecule has 0 aromatic carbocycles. The van der Waals surface area contributed by atoms with Crippen LogP contribution in [0.5, 0.6) is 0 Å². The molecule has 0 bridgehead atoms. The lowest BCUT2D eigenvalue weighted by Gasteiger charge is -2.35. The van der Waals surface area contributed by atoms with Crippen molar-refractivity contribution < 1.29 is 0 Å². The molecule has 1 aliphatic carbocycles. The van der Waals surface area contributed by atoms with Gasteiger partial charge in [0.2, 0.25) is 5.95 Å². The van der Waals surface area contributed by atoms with Crippen LogP contribution in [0.4, 0.5) is 5.95 Å². The van der Waals surface area contributed by atoms with Crippen LogP contribution in [0.1, 0.15) is 44.9 Å². The molecule has 2 aliphatic heterocycles. The summed E-state index contributed by atoms with van der Waals surface area (Å²) in [5, 5.41) is 3.63. The standard InChI is InChI=1S/C22H37N7.HI/c1-23-20(29-14-9-22(19-29)7-3-2-4-8-22)24-12-6-13-27-15-17-28(18-16-27)21-25-10-5-11-26-21;/h5,10-11H,2-4,6-9,12-19H2,1H3,(H,23,24);1H. The maximum Gasteiger partial charge on any atom is 0.225 e. The van der Waals surface area contributed by atoms with Crippen molar-refractivity contribution in [3.8, 4) is 0 Å². The van der Waals surface area contributed by atoms with Crippen LogP contribution in [0, 0.1) is 5.41 Å². The minimum absolute atomic E-state index is 0. The molecule has 1 saturated carbocycles. The van der Waals surface area contributed by atoms with Gasteiger partial charge in [-0.1, -0.05) is 19.3 Å². The summed E-state index contributed by atoms with van der Waals surface area (Å²) in [7, 11) is 1.93. The second-order valence-corrected chi connectivity index (χ2v) is 8.94. The molecule has 0 unspecified atom stereocenters. The molecule has 30 heavy (non-hydrogen) atoms. The number of halogens is 1. The highest BCUT2D eigenvalue weighted by molar-refractivity contribution is 14.0. The van der Waals surface area contributed by atoms with Crippen molar-refractivity contribution in [1.29, 1.82) is 0 Å². The van der Waals surface area contributed by atoms with Crippen LogP contribution in [0.25, 0.3) is 0 Å². The molecule has 0 atom stereocenters. The summed E-state index contributed by atoms with van der Waals surface area (Å²) in [6, 6.07) is 1.87. The minimum atomic E-state index is 0. The largest absolute Gasteiger partial charge is 0.356 e. The molecule has 1 aromatic rings. The van der Waals surface area contributed by atoms with Crippen molar-refractivity contribution >= 4 is 35.9 Å². The second-order valence-electron chi connectivity index (χ2n) is 8.94. The zero-order valence-corrected chi connectivity index (χ0v) is 20.8. The lowest BCUT2D eigenvalue weighted by Crippen LogP contribution is -2.48. The lowest BCUT2D eigenvalue weighted by molar-refractivity contribution is 0.203. The molecule has 1 spiro atoms. The predicted octanol–water partition coefficient (Wildman–Crippen LogP) is 2.84. The van der Waals surface area contributed by atoms with Crippen LogP contribution in [0.2, 0.25) is 0 Å². The number of likely N-dealkylation sites (tertiary alicyclic amines) is 1. The molecule has 168 valence electrons. The molecule has 1 aromatic heterocycles. The smallest absolute Gasteiger partial charge is 0.225 e. The first-order chi connectivity index (χ1) is 14.3. The molecule has 0 amide bonds. The van der Waals surface area contributed by atoms with E-state index < -0.39 is 0 Å². The summed E-state index contributed by atoms with van der Waals surface area (Å²) in [6.45, 7) is 8.70. The fourth-order valence-corrected chi connectivity index (χ4v) is 5.29. The molecule has 2 saturated heterocycles. The summed E-state index contributed by atoms with van der Waals surface area (Å²) in [5.41, 5.74) is 0.581. The molecule has 0 radical (unpaired) electrons. The average Bonchev–Trinajstić information content (AvgIpc) is 3.18. The summed E-state index contributed by atoms with van der Waals surface area (Å²) in [5.74, 6) is 1.97. The SMILES string of the molecule is CN=C(NCCCN1CCN(c2ncccn2)CC1)N1CCC2(CCCCC2)C1.I. The van der Waals surface area contributed by atoms with E-state index in [-0.39, 0.29) is 24.0 Å². The monoisotopic (exact) mass is 527 g/mol.